The lowest BCUT2D eigenvalue weighted by atomic mass is 10.1. The van der Waals surface area contributed by atoms with Gasteiger partial charge in [0.1, 0.15) is 0 Å². The van der Waals surface area contributed by atoms with Gasteiger partial charge in [-0.05, 0) is 42.7 Å². The fourth-order valence-corrected chi connectivity index (χ4v) is 2.54. The second-order valence-corrected chi connectivity index (χ2v) is 4.80. The normalized spacial score (nSPS) is 15.6. The van der Waals surface area contributed by atoms with Crippen molar-refractivity contribution in [2.24, 2.45) is 0 Å². The molecule has 2 aromatic rings. The van der Waals surface area contributed by atoms with E-state index in [2.05, 4.69) is 41.3 Å². The molecule has 1 aliphatic rings. The third kappa shape index (κ3) is 1.89. The van der Waals surface area contributed by atoms with Gasteiger partial charge in [0.15, 0.2) is 0 Å². The number of fused-ring (bicyclic) bond motifs is 1. The number of aliphatic hydroxyl groups excluding tert-OH is 1. The lowest BCUT2D eigenvalue weighted by Gasteiger charge is -2.20. The van der Waals surface area contributed by atoms with Crippen molar-refractivity contribution in [3.63, 3.8) is 0 Å². The molecule has 1 atom stereocenters. The summed E-state index contributed by atoms with van der Waals surface area (Å²) in [4.78, 5) is 2.33. The van der Waals surface area contributed by atoms with Crippen LogP contribution in [-0.2, 0) is 6.42 Å². The predicted molar refractivity (Wildman–Crippen MR) is 74.2 cm³/mol. The van der Waals surface area contributed by atoms with Crippen molar-refractivity contribution in [3.8, 4) is 0 Å². The zero-order valence-electron chi connectivity index (χ0n) is 10.5. The van der Waals surface area contributed by atoms with E-state index in [1.807, 2.05) is 12.1 Å². The van der Waals surface area contributed by atoms with Crippen LogP contribution >= 0.6 is 0 Å². The van der Waals surface area contributed by atoms with Crippen molar-refractivity contribution in [2.75, 3.05) is 11.4 Å². The van der Waals surface area contributed by atoms with Crippen LogP contribution in [0.2, 0.25) is 0 Å². The first-order valence-electron chi connectivity index (χ1n) is 6.39. The predicted octanol–water partition coefficient (Wildman–Crippen LogP) is 3.43. The summed E-state index contributed by atoms with van der Waals surface area (Å²) in [6.07, 6.45) is 0.707. The molecule has 2 aromatic carbocycles. The molecule has 1 N–H and O–H groups in total. The minimum absolute atomic E-state index is 0.398. The van der Waals surface area contributed by atoms with Crippen molar-refractivity contribution < 1.29 is 5.11 Å². The maximum atomic E-state index is 9.52. The van der Waals surface area contributed by atoms with Gasteiger partial charge in [-0.1, -0.05) is 30.3 Å². The highest BCUT2D eigenvalue weighted by atomic mass is 16.3. The first-order chi connectivity index (χ1) is 8.75. The minimum atomic E-state index is -0.398. The van der Waals surface area contributed by atoms with Crippen molar-refractivity contribution in [2.45, 2.75) is 19.4 Å². The number of hydrogen-bond donors (Lipinski definition) is 1. The minimum Gasteiger partial charge on any atom is -0.389 e. The number of benzene rings is 2. The van der Waals surface area contributed by atoms with Gasteiger partial charge < -0.3 is 10.0 Å². The van der Waals surface area contributed by atoms with Gasteiger partial charge in [0.05, 0.1) is 6.10 Å². The molecular formula is C16H17NO. The standard InChI is InChI=1S/C16H17NO/c1-12(18)13-6-8-15(9-7-13)17-11-10-14-4-2-3-5-16(14)17/h2-9,12,18H,10-11H2,1H3. The van der Waals surface area contributed by atoms with E-state index in [1.54, 1.807) is 6.92 Å². The number of aliphatic hydroxyl groups is 1. The van der Waals surface area contributed by atoms with Gasteiger partial charge in [0.2, 0.25) is 0 Å². The van der Waals surface area contributed by atoms with Gasteiger partial charge in [-0.2, -0.15) is 0 Å². The van der Waals surface area contributed by atoms with Crippen molar-refractivity contribution >= 4 is 11.4 Å². The average molecular weight is 239 g/mol. The summed E-state index contributed by atoms with van der Waals surface area (Å²) in [5.74, 6) is 0. The molecule has 0 bridgehead atoms. The van der Waals surface area contributed by atoms with E-state index >= 15 is 0 Å². The fraction of sp³-hybridized carbons (Fsp3) is 0.250. The molecule has 0 radical (unpaired) electrons. The molecule has 0 saturated carbocycles. The van der Waals surface area contributed by atoms with Crippen LogP contribution in [0.15, 0.2) is 48.5 Å². The van der Waals surface area contributed by atoms with E-state index in [1.165, 1.54) is 16.9 Å². The highest BCUT2D eigenvalue weighted by molar-refractivity contribution is 5.69. The molecule has 18 heavy (non-hydrogen) atoms. The molecule has 0 amide bonds. The molecule has 0 fully saturated rings. The summed E-state index contributed by atoms with van der Waals surface area (Å²) in [7, 11) is 0. The quantitative estimate of drug-likeness (QED) is 0.867. The zero-order chi connectivity index (χ0) is 12.5. The Bertz CT molecular complexity index is 545. The van der Waals surface area contributed by atoms with Crippen LogP contribution in [0.4, 0.5) is 11.4 Å². The number of nitrogens with zero attached hydrogens (tertiary/aromatic N) is 1. The molecule has 3 rings (SSSR count). The topological polar surface area (TPSA) is 23.5 Å². The molecular weight excluding hydrogens is 222 g/mol. The molecule has 2 nitrogen and oxygen atoms in total. The Labute approximate surface area is 107 Å². The van der Waals surface area contributed by atoms with Crippen LogP contribution in [0.5, 0.6) is 0 Å². The molecule has 0 aromatic heterocycles. The van der Waals surface area contributed by atoms with E-state index in [0.717, 1.165) is 18.5 Å². The Morgan fingerprint density at radius 2 is 1.78 bits per heavy atom. The van der Waals surface area contributed by atoms with Gasteiger partial charge in [-0.3, -0.25) is 0 Å². The molecule has 1 unspecified atom stereocenters. The van der Waals surface area contributed by atoms with Gasteiger partial charge in [0, 0.05) is 17.9 Å². The third-order valence-corrected chi connectivity index (χ3v) is 3.57. The molecule has 1 aliphatic heterocycles. The molecule has 0 aliphatic carbocycles. The highest BCUT2D eigenvalue weighted by Crippen LogP contribution is 2.34. The van der Waals surface area contributed by atoms with Gasteiger partial charge in [-0.25, -0.2) is 0 Å². The zero-order valence-corrected chi connectivity index (χ0v) is 10.5. The van der Waals surface area contributed by atoms with Crippen LogP contribution in [0.25, 0.3) is 0 Å². The summed E-state index contributed by atoms with van der Waals surface area (Å²) in [5, 5.41) is 9.52. The first kappa shape index (κ1) is 11.3. The Morgan fingerprint density at radius 1 is 1.06 bits per heavy atom. The monoisotopic (exact) mass is 239 g/mol. The van der Waals surface area contributed by atoms with Crippen LogP contribution in [0, 0.1) is 0 Å². The Morgan fingerprint density at radius 3 is 2.50 bits per heavy atom. The summed E-state index contributed by atoms with van der Waals surface area (Å²) in [6.45, 7) is 2.83. The molecule has 0 saturated heterocycles. The van der Waals surface area contributed by atoms with Crippen molar-refractivity contribution in [1.29, 1.82) is 0 Å². The van der Waals surface area contributed by atoms with Crippen LogP contribution in [-0.4, -0.2) is 11.7 Å². The van der Waals surface area contributed by atoms with Gasteiger partial charge in [-0.15, -0.1) is 0 Å². The second-order valence-electron chi connectivity index (χ2n) is 4.80. The van der Waals surface area contributed by atoms with E-state index in [4.69, 9.17) is 0 Å². The van der Waals surface area contributed by atoms with Crippen molar-refractivity contribution in [1.82, 2.24) is 0 Å². The largest absolute Gasteiger partial charge is 0.389 e. The highest BCUT2D eigenvalue weighted by Gasteiger charge is 2.19. The summed E-state index contributed by atoms with van der Waals surface area (Å²) < 4.78 is 0. The molecule has 92 valence electrons. The van der Waals surface area contributed by atoms with Gasteiger partial charge in [0.25, 0.3) is 0 Å². The summed E-state index contributed by atoms with van der Waals surface area (Å²) >= 11 is 0. The van der Waals surface area contributed by atoms with Crippen LogP contribution < -0.4 is 4.90 Å². The number of hydrogen-bond acceptors (Lipinski definition) is 2. The fourth-order valence-electron chi connectivity index (χ4n) is 2.54. The smallest absolute Gasteiger partial charge is 0.0761 e. The van der Waals surface area contributed by atoms with E-state index in [0.29, 0.717) is 0 Å². The lowest BCUT2D eigenvalue weighted by molar-refractivity contribution is 0.199. The third-order valence-electron chi connectivity index (χ3n) is 3.57. The average Bonchev–Trinajstić information content (AvgIpc) is 2.82. The lowest BCUT2D eigenvalue weighted by Crippen LogP contribution is -2.13. The number of anilines is 2. The second kappa shape index (κ2) is 4.46. The molecule has 1 heterocycles. The Balaban J connectivity index is 1.93. The first-order valence-corrected chi connectivity index (χ1v) is 6.39. The van der Waals surface area contributed by atoms with E-state index < -0.39 is 6.10 Å². The molecule has 0 spiro atoms. The van der Waals surface area contributed by atoms with Crippen LogP contribution in [0.3, 0.4) is 0 Å². The maximum Gasteiger partial charge on any atom is 0.0761 e. The Hall–Kier alpha value is -1.80. The summed E-state index contributed by atoms with van der Waals surface area (Å²) in [6, 6.07) is 16.7. The maximum absolute atomic E-state index is 9.52. The SMILES string of the molecule is CC(O)c1ccc(N2CCc3ccccc32)cc1. The number of rotatable bonds is 2. The summed E-state index contributed by atoms with van der Waals surface area (Å²) in [5.41, 5.74) is 4.88. The van der Waals surface area contributed by atoms with E-state index in [-0.39, 0.29) is 0 Å². The van der Waals surface area contributed by atoms with E-state index in [9.17, 15) is 5.11 Å². The van der Waals surface area contributed by atoms with Crippen molar-refractivity contribution in [3.05, 3.63) is 59.7 Å². The molecule has 2 heteroatoms. The number of para-hydroxylation sites is 1. The Kier molecular flexibility index (Phi) is 2.80. The van der Waals surface area contributed by atoms with Gasteiger partial charge >= 0.3 is 0 Å². The van der Waals surface area contributed by atoms with Crippen LogP contribution in [0.1, 0.15) is 24.2 Å².